The maximum atomic E-state index is 11.9. The third kappa shape index (κ3) is 5.86. The van der Waals surface area contributed by atoms with Crippen LogP contribution in [0.2, 0.25) is 0 Å². The summed E-state index contributed by atoms with van der Waals surface area (Å²) in [6.07, 6.45) is 1.69. The molecular formula is C15H26N4O4S. The Hall–Kier alpha value is -1.48. The Morgan fingerprint density at radius 1 is 1.46 bits per heavy atom. The lowest BCUT2D eigenvalue weighted by Crippen LogP contribution is -2.36. The molecule has 1 fully saturated rings. The van der Waals surface area contributed by atoms with Crippen LogP contribution in [0.15, 0.2) is 4.52 Å². The van der Waals surface area contributed by atoms with Crippen LogP contribution in [-0.2, 0) is 27.6 Å². The Morgan fingerprint density at radius 3 is 2.83 bits per heavy atom. The summed E-state index contributed by atoms with van der Waals surface area (Å²) in [4.78, 5) is 18.1. The molecule has 8 nitrogen and oxygen atoms in total. The van der Waals surface area contributed by atoms with E-state index in [0.29, 0.717) is 37.0 Å². The van der Waals surface area contributed by atoms with Crippen molar-refractivity contribution in [2.45, 2.75) is 45.7 Å². The van der Waals surface area contributed by atoms with E-state index < -0.39 is 9.84 Å². The minimum absolute atomic E-state index is 0.0114. The molecule has 2 rings (SSSR count). The van der Waals surface area contributed by atoms with E-state index in [1.807, 2.05) is 11.9 Å². The minimum atomic E-state index is -2.90. The molecule has 136 valence electrons. The predicted molar refractivity (Wildman–Crippen MR) is 89.0 cm³/mol. The molecule has 1 N–H and O–H groups in total. The molecule has 1 amide bonds. The van der Waals surface area contributed by atoms with Crippen molar-refractivity contribution in [2.24, 2.45) is 5.92 Å². The Bertz CT molecular complexity index is 656. The molecule has 1 aliphatic rings. The normalized spacial score (nSPS) is 20.0. The van der Waals surface area contributed by atoms with E-state index in [9.17, 15) is 13.2 Å². The van der Waals surface area contributed by atoms with E-state index in [1.165, 1.54) is 0 Å². The van der Waals surface area contributed by atoms with E-state index in [0.717, 1.165) is 6.42 Å². The zero-order valence-electron chi connectivity index (χ0n) is 14.5. The van der Waals surface area contributed by atoms with Gasteiger partial charge in [-0.15, -0.1) is 0 Å². The number of amides is 1. The van der Waals surface area contributed by atoms with Crippen molar-refractivity contribution in [1.82, 2.24) is 20.4 Å². The van der Waals surface area contributed by atoms with Crippen LogP contribution in [-0.4, -0.2) is 60.5 Å². The second kappa shape index (κ2) is 8.06. The fourth-order valence-corrected chi connectivity index (χ4v) is 4.46. The number of rotatable bonds is 8. The average Bonchev–Trinajstić information content (AvgIpc) is 3.08. The Morgan fingerprint density at radius 2 is 2.21 bits per heavy atom. The van der Waals surface area contributed by atoms with Gasteiger partial charge in [-0.2, -0.15) is 4.98 Å². The number of sulfone groups is 1. The summed E-state index contributed by atoms with van der Waals surface area (Å²) < 4.78 is 28.1. The molecule has 2 heterocycles. The lowest BCUT2D eigenvalue weighted by atomic mass is 10.1. The van der Waals surface area contributed by atoms with Gasteiger partial charge in [-0.05, 0) is 19.4 Å². The molecule has 1 atom stereocenters. The van der Waals surface area contributed by atoms with Crippen molar-refractivity contribution in [1.29, 1.82) is 0 Å². The fraction of sp³-hybridized carbons (Fsp3) is 0.800. The molecule has 0 aliphatic carbocycles. The first-order chi connectivity index (χ1) is 11.2. The summed E-state index contributed by atoms with van der Waals surface area (Å²) in [6, 6.07) is 0.0114. The molecule has 1 saturated heterocycles. The van der Waals surface area contributed by atoms with E-state index >= 15 is 0 Å². The van der Waals surface area contributed by atoms with Crippen LogP contribution in [0.1, 0.15) is 38.4 Å². The summed E-state index contributed by atoms with van der Waals surface area (Å²) in [5.41, 5.74) is 0. The Labute approximate surface area is 142 Å². The molecular weight excluding hydrogens is 332 g/mol. The molecule has 0 saturated carbocycles. The zero-order chi connectivity index (χ0) is 17.7. The average molecular weight is 358 g/mol. The third-order valence-electron chi connectivity index (χ3n) is 4.06. The molecule has 9 heteroatoms. The van der Waals surface area contributed by atoms with Gasteiger partial charge in [-0.25, -0.2) is 8.42 Å². The highest BCUT2D eigenvalue weighted by Crippen LogP contribution is 2.16. The summed E-state index contributed by atoms with van der Waals surface area (Å²) in [7, 11) is -1.05. The fourth-order valence-electron chi connectivity index (χ4n) is 2.66. The maximum Gasteiger partial charge on any atom is 0.246 e. The van der Waals surface area contributed by atoms with Crippen molar-refractivity contribution in [3.63, 3.8) is 0 Å². The lowest BCUT2D eigenvalue weighted by molar-refractivity contribution is -0.121. The molecule has 1 aromatic rings. The van der Waals surface area contributed by atoms with Gasteiger partial charge in [-0.3, -0.25) is 4.79 Å². The van der Waals surface area contributed by atoms with Gasteiger partial charge in [-0.1, -0.05) is 19.0 Å². The summed E-state index contributed by atoms with van der Waals surface area (Å²) >= 11 is 0. The van der Waals surface area contributed by atoms with Crippen LogP contribution in [0.25, 0.3) is 0 Å². The number of hydrogen-bond acceptors (Lipinski definition) is 7. The van der Waals surface area contributed by atoms with Crippen LogP contribution in [0, 0.1) is 5.92 Å². The number of aromatic nitrogens is 2. The number of nitrogens with zero attached hydrogens (tertiary/aromatic N) is 3. The largest absolute Gasteiger partial charge is 0.347 e. The van der Waals surface area contributed by atoms with Crippen LogP contribution in [0.3, 0.4) is 0 Å². The summed E-state index contributed by atoms with van der Waals surface area (Å²) in [5.74, 6) is 1.80. The zero-order valence-corrected chi connectivity index (χ0v) is 15.3. The highest BCUT2D eigenvalue weighted by atomic mass is 32.2. The van der Waals surface area contributed by atoms with Crippen molar-refractivity contribution in [2.75, 3.05) is 25.1 Å². The van der Waals surface area contributed by atoms with Gasteiger partial charge in [0.2, 0.25) is 11.8 Å². The second-order valence-corrected chi connectivity index (χ2v) is 9.00. The monoisotopic (exact) mass is 358 g/mol. The minimum Gasteiger partial charge on any atom is -0.347 e. The molecule has 0 aromatic carbocycles. The highest BCUT2D eigenvalue weighted by Gasteiger charge is 2.30. The molecule has 1 aromatic heterocycles. The van der Waals surface area contributed by atoms with E-state index in [4.69, 9.17) is 4.52 Å². The van der Waals surface area contributed by atoms with Gasteiger partial charge in [0.05, 0.1) is 18.1 Å². The van der Waals surface area contributed by atoms with Crippen LogP contribution < -0.4 is 5.32 Å². The molecule has 0 bridgehead atoms. The van der Waals surface area contributed by atoms with Gasteiger partial charge in [0.25, 0.3) is 0 Å². The Balaban J connectivity index is 1.69. The molecule has 24 heavy (non-hydrogen) atoms. The first-order valence-electron chi connectivity index (χ1n) is 8.24. The number of carbonyl (C=O) groups excluding carboxylic acids is 1. The van der Waals surface area contributed by atoms with Crippen molar-refractivity contribution in [3.05, 3.63) is 11.7 Å². The van der Waals surface area contributed by atoms with Gasteiger partial charge in [0.15, 0.2) is 15.7 Å². The van der Waals surface area contributed by atoms with Crippen LogP contribution >= 0.6 is 0 Å². The first-order valence-corrected chi connectivity index (χ1v) is 10.1. The highest BCUT2D eigenvalue weighted by molar-refractivity contribution is 7.91. The van der Waals surface area contributed by atoms with Gasteiger partial charge in [0, 0.05) is 25.4 Å². The SMILES string of the molecule is CC(C)Cc1noc(CNC(=O)CCN(C)C2CCS(=O)(=O)C2)n1. The number of nitrogens with one attached hydrogen (secondary N) is 1. The maximum absolute atomic E-state index is 11.9. The quantitative estimate of drug-likeness (QED) is 0.717. The molecule has 0 radical (unpaired) electrons. The van der Waals surface area contributed by atoms with Crippen molar-refractivity contribution >= 4 is 15.7 Å². The molecule has 1 unspecified atom stereocenters. The predicted octanol–water partition coefficient (Wildman–Crippen LogP) is 0.393. The third-order valence-corrected chi connectivity index (χ3v) is 5.81. The second-order valence-electron chi connectivity index (χ2n) is 6.77. The smallest absolute Gasteiger partial charge is 0.246 e. The van der Waals surface area contributed by atoms with Gasteiger partial charge < -0.3 is 14.7 Å². The van der Waals surface area contributed by atoms with Crippen LogP contribution in [0.4, 0.5) is 0 Å². The van der Waals surface area contributed by atoms with Crippen molar-refractivity contribution in [3.8, 4) is 0 Å². The Kier molecular flexibility index (Phi) is 6.34. The first kappa shape index (κ1) is 18.9. The standard InChI is InChI=1S/C15H26N4O4S/c1-11(2)8-13-17-15(23-18-13)9-16-14(20)4-6-19(3)12-5-7-24(21,22)10-12/h11-12H,4-10H2,1-3H3,(H,16,20). The van der Waals surface area contributed by atoms with Gasteiger partial charge in [0.1, 0.15) is 0 Å². The number of hydrogen-bond donors (Lipinski definition) is 1. The van der Waals surface area contributed by atoms with E-state index in [2.05, 4.69) is 29.3 Å². The summed E-state index contributed by atoms with van der Waals surface area (Å²) in [5, 5.41) is 6.62. The summed E-state index contributed by atoms with van der Waals surface area (Å²) in [6.45, 7) is 4.88. The lowest BCUT2D eigenvalue weighted by Gasteiger charge is -2.22. The molecule has 0 spiro atoms. The van der Waals surface area contributed by atoms with E-state index in [1.54, 1.807) is 0 Å². The molecule has 1 aliphatic heterocycles. The van der Waals surface area contributed by atoms with Crippen molar-refractivity contribution < 1.29 is 17.7 Å². The number of carbonyl (C=O) groups is 1. The van der Waals surface area contributed by atoms with Gasteiger partial charge >= 0.3 is 0 Å². The van der Waals surface area contributed by atoms with Crippen LogP contribution in [0.5, 0.6) is 0 Å². The topological polar surface area (TPSA) is 105 Å². The van der Waals surface area contributed by atoms with E-state index in [-0.39, 0.29) is 30.0 Å².